The van der Waals surface area contributed by atoms with Gasteiger partial charge >= 0.3 is 6.09 Å². The molecule has 0 saturated carbocycles. The SMILES string of the molecule is CCCC1(C)C=Cc2c([nH]c3c2CCN(C(=O)O)C3)N1. The number of anilines is 1. The van der Waals surface area contributed by atoms with Gasteiger partial charge in [0.2, 0.25) is 0 Å². The third-order valence-corrected chi connectivity index (χ3v) is 4.28. The van der Waals surface area contributed by atoms with Gasteiger partial charge in [-0.2, -0.15) is 0 Å². The quantitative estimate of drug-likeness (QED) is 0.777. The zero-order valence-corrected chi connectivity index (χ0v) is 12.0. The van der Waals surface area contributed by atoms with Gasteiger partial charge in [0.15, 0.2) is 0 Å². The van der Waals surface area contributed by atoms with Crippen molar-refractivity contribution < 1.29 is 9.90 Å². The van der Waals surface area contributed by atoms with E-state index in [0.717, 1.165) is 30.8 Å². The Morgan fingerprint density at radius 1 is 1.55 bits per heavy atom. The maximum absolute atomic E-state index is 11.1. The maximum Gasteiger partial charge on any atom is 0.407 e. The lowest BCUT2D eigenvalue weighted by molar-refractivity contribution is 0.139. The normalized spacial score (nSPS) is 24.0. The Balaban J connectivity index is 1.90. The molecule has 1 aromatic heterocycles. The first-order valence-electron chi connectivity index (χ1n) is 7.21. The van der Waals surface area contributed by atoms with E-state index < -0.39 is 6.09 Å². The molecule has 1 unspecified atom stereocenters. The molecule has 1 aromatic rings. The largest absolute Gasteiger partial charge is 0.465 e. The minimum atomic E-state index is -0.845. The Hall–Kier alpha value is -1.91. The summed E-state index contributed by atoms with van der Waals surface area (Å²) in [6.07, 6.45) is 6.56. The molecule has 1 atom stereocenters. The molecule has 3 heterocycles. The summed E-state index contributed by atoms with van der Waals surface area (Å²) < 4.78 is 0. The summed E-state index contributed by atoms with van der Waals surface area (Å²) in [7, 11) is 0. The Morgan fingerprint density at radius 2 is 2.35 bits per heavy atom. The van der Waals surface area contributed by atoms with E-state index in [1.165, 1.54) is 16.0 Å². The molecule has 0 fully saturated rings. The Labute approximate surface area is 118 Å². The highest BCUT2D eigenvalue weighted by molar-refractivity contribution is 5.75. The summed E-state index contributed by atoms with van der Waals surface area (Å²) in [6, 6.07) is 0. The smallest absolute Gasteiger partial charge is 0.407 e. The summed E-state index contributed by atoms with van der Waals surface area (Å²) in [5.74, 6) is 1.04. The summed E-state index contributed by atoms with van der Waals surface area (Å²) in [5, 5.41) is 12.7. The lowest BCUT2D eigenvalue weighted by atomic mass is 9.90. The molecule has 0 aromatic carbocycles. The van der Waals surface area contributed by atoms with Crippen molar-refractivity contribution >= 4 is 18.0 Å². The van der Waals surface area contributed by atoms with Gasteiger partial charge in [0, 0.05) is 17.8 Å². The molecule has 5 nitrogen and oxygen atoms in total. The molecule has 0 bridgehead atoms. The molecule has 0 radical (unpaired) electrons. The van der Waals surface area contributed by atoms with E-state index in [-0.39, 0.29) is 5.54 Å². The van der Waals surface area contributed by atoms with Gasteiger partial charge in [0.25, 0.3) is 0 Å². The molecule has 108 valence electrons. The molecular formula is C15H21N3O2. The first kappa shape index (κ1) is 13.1. The van der Waals surface area contributed by atoms with Gasteiger partial charge in [0.1, 0.15) is 5.82 Å². The minimum absolute atomic E-state index is 0.0122. The van der Waals surface area contributed by atoms with E-state index >= 15 is 0 Å². The van der Waals surface area contributed by atoms with E-state index in [9.17, 15) is 4.79 Å². The minimum Gasteiger partial charge on any atom is -0.465 e. The van der Waals surface area contributed by atoms with Crippen LogP contribution < -0.4 is 5.32 Å². The average molecular weight is 275 g/mol. The molecule has 5 heteroatoms. The predicted octanol–water partition coefficient (Wildman–Crippen LogP) is 3.05. The van der Waals surface area contributed by atoms with Crippen LogP contribution >= 0.6 is 0 Å². The standard InChI is InChI=1S/C15H21N3O2/c1-3-6-15(2)7-4-11-10-5-8-18(14(19)20)9-12(10)16-13(11)17-15/h4,7,16-17H,3,5-6,8-9H2,1-2H3,(H,19,20). The number of carboxylic acid groups (broad SMARTS) is 1. The molecule has 0 aliphatic carbocycles. The van der Waals surface area contributed by atoms with Crippen molar-refractivity contribution in [2.24, 2.45) is 0 Å². The number of nitrogens with one attached hydrogen (secondary N) is 2. The van der Waals surface area contributed by atoms with Crippen molar-refractivity contribution in [3.8, 4) is 0 Å². The molecule has 3 rings (SSSR count). The fraction of sp³-hybridized carbons (Fsp3) is 0.533. The van der Waals surface area contributed by atoms with E-state index in [2.05, 4.69) is 36.3 Å². The van der Waals surface area contributed by atoms with Gasteiger partial charge in [-0.1, -0.05) is 25.5 Å². The van der Waals surface area contributed by atoms with Gasteiger partial charge in [-0.05, 0) is 25.3 Å². The van der Waals surface area contributed by atoms with Gasteiger partial charge in [0.05, 0.1) is 12.1 Å². The van der Waals surface area contributed by atoms with Crippen molar-refractivity contribution in [2.45, 2.75) is 45.2 Å². The van der Waals surface area contributed by atoms with Crippen molar-refractivity contribution in [2.75, 3.05) is 11.9 Å². The number of H-pyrrole nitrogens is 1. The van der Waals surface area contributed by atoms with Gasteiger partial charge in [-0.25, -0.2) is 4.79 Å². The summed E-state index contributed by atoms with van der Waals surface area (Å²) in [4.78, 5) is 15.9. The molecule has 20 heavy (non-hydrogen) atoms. The number of fused-ring (bicyclic) bond motifs is 3. The highest BCUT2D eigenvalue weighted by Gasteiger charge is 2.30. The van der Waals surface area contributed by atoms with Crippen LogP contribution in [0.4, 0.5) is 10.6 Å². The van der Waals surface area contributed by atoms with Crippen LogP contribution in [0.15, 0.2) is 6.08 Å². The van der Waals surface area contributed by atoms with Crippen LogP contribution in [-0.4, -0.2) is 33.2 Å². The molecule has 1 amide bonds. The van der Waals surface area contributed by atoms with Crippen molar-refractivity contribution in [1.29, 1.82) is 0 Å². The first-order chi connectivity index (χ1) is 9.52. The Kier molecular flexibility index (Phi) is 3.00. The number of aromatic amines is 1. The third kappa shape index (κ3) is 2.07. The fourth-order valence-corrected chi connectivity index (χ4v) is 3.25. The zero-order valence-electron chi connectivity index (χ0n) is 12.0. The molecule has 3 N–H and O–H groups in total. The van der Waals surface area contributed by atoms with Crippen LogP contribution in [0.25, 0.3) is 6.08 Å². The molecular weight excluding hydrogens is 254 g/mol. The summed E-state index contributed by atoms with van der Waals surface area (Å²) in [5.41, 5.74) is 3.49. The maximum atomic E-state index is 11.1. The van der Waals surface area contributed by atoms with Crippen molar-refractivity contribution in [3.05, 3.63) is 22.9 Å². The molecule has 2 aliphatic rings. The predicted molar refractivity (Wildman–Crippen MR) is 78.9 cm³/mol. The number of hydrogen-bond donors (Lipinski definition) is 3. The average Bonchev–Trinajstić information content (AvgIpc) is 2.74. The number of nitrogens with zero attached hydrogens (tertiary/aromatic N) is 1. The number of aromatic nitrogens is 1. The topological polar surface area (TPSA) is 68.4 Å². The number of amides is 1. The first-order valence-corrected chi connectivity index (χ1v) is 7.21. The number of carbonyl (C=O) groups is 1. The van der Waals surface area contributed by atoms with E-state index in [1.54, 1.807) is 0 Å². The van der Waals surface area contributed by atoms with Crippen LogP contribution in [0.3, 0.4) is 0 Å². The van der Waals surface area contributed by atoms with Crippen LogP contribution in [0.5, 0.6) is 0 Å². The van der Waals surface area contributed by atoms with Crippen LogP contribution in [0, 0.1) is 0 Å². The van der Waals surface area contributed by atoms with E-state index in [1.807, 2.05) is 0 Å². The van der Waals surface area contributed by atoms with E-state index in [0.29, 0.717) is 13.1 Å². The monoisotopic (exact) mass is 275 g/mol. The van der Waals surface area contributed by atoms with Gasteiger partial charge in [-0.3, -0.25) is 0 Å². The summed E-state index contributed by atoms with van der Waals surface area (Å²) >= 11 is 0. The number of hydrogen-bond acceptors (Lipinski definition) is 2. The Morgan fingerprint density at radius 3 is 3.05 bits per heavy atom. The third-order valence-electron chi connectivity index (χ3n) is 4.28. The van der Waals surface area contributed by atoms with Crippen LogP contribution in [-0.2, 0) is 13.0 Å². The Bertz CT molecular complexity index is 576. The van der Waals surface area contributed by atoms with Crippen LogP contribution in [0.2, 0.25) is 0 Å². The van der Waals surface area contributed by atoms with Crippen molar-refractivity contribution in [1.82, 2.24) is 9.88 Å². The molecule has 0 spiro atoms. The highest BCUT2D eigenvalue weighted by Crippen LogP contribution is 2.36. The summed E-state index contributed by atoms with van der Waals surface area (Å²) in [6.45, 7) is 5.41. The van der Waals surface area contributed by atoms with Crippen molar-refractivity contribution in [3.63, 3.8) is 0 Å². The van der Waals surface area contributed by atoms with Gasteiger partial charge < -0.3 is 20.3 Å². The van der Waals surface area contributed by atoms with Gasteiger partial charge in [-0.15, -0.1) is 0 Å². The lowest BCUT2D eigenvalue weighted by Gasteiger charge is -2.31. The number of rotatable bonds is 2. The fourth-order valence-electron chi connectivity index (χ4n) is 3.25. The second-order valence-electron chi connectivity index (χ2n) is 5.95. The molecule has 0 saturated heterocycles. The second kappa shape index (κ2) is 4.58. The van der Waals surface area contributed by atoms with E-state index in [4.69, 9.17) is 5.11 Å². The zero-order chi connectivity index (χ0) is 14.3. The lowest BCUT2D eigenvalue weighted by Crippen LogP contribution is -2.34. The molecule has 2 aliphatic heterocycles. The second-order valence-corrected chi connectivity index (χ2v) is 5.95. The highest BCUT2D eigenvalue weighted by atomic mass is 16.4. The van der Waals surface area contributed by atoms with Crippen LogP contribution in [0.1, 0.15) is 43.5 Å².